The molecule has 1 atom stereocenters. The first kappa shape index (κ1) is 12.8. The smallest absolute Gasteiger partial charge is 0.145 e. The van der Waals surface area contributed by atoms with Crippen LogP contribution in [0.15, 0.2) is 29.4 Å². The van der Waals surface area contributed by atoms with Crippen LogP contribution >= 0.6 is 0 Å². The van der Waals surface area contributed by atoms with Crippen molar-refractivity contribution in [3.8, 4) is 0 Å². The number of aromatic nitrogens is 2. The predicted octanol–water partition coefficient (Wildman–Crippen LogP) is 2.52. The Labute approximate surface area is 124 Å². The molecule has 0 amide bonds. The highest BCUT2D eigenvalue weighted by Gasteiger charge is 2.33. The molecule has 110 valence electrons. The fraction of sp³-hybridized carbons (Fsp3) is 0.500. The van der Waals surface area contributed by atoms with Crippen LogP contribution in [0.3, 0.4) is 0 Å². The van der Waals surface area contributed by atoms with Gasteiger partial charge in [-0.3, -0.25) is 4.90 Å². The number of fused-ring (bicyclic) bond motifs is 1. The molecule has 1 unspecified atom stereocenters. The lowest BCUT2D eigenvalue weighted by Crippen LogP contribution is -2.48. The highest BCUT2D eigenvalue weighted by atomic mass is 16.6. The van der Waals surface area contributed by atoms with Gasteiger partial charge < -0.3 is 9.82 Å². The summed E-state index contributed by atoms with van der Waals surface area (Å²) in [5, 5.41) is 4.12. The number of rotatable bonds is 4. The topological polar surface area (TPSA) is 53.5 Å². The lowest BCUT2D eigenvalue weighted by atomic mass is 9.98. The van der Waals surface area contributed by atoms with Crippen molar-refractivity contribution >= 4 is 16.7 Å². The number of para-hydroxylation sites is 2. The number of H-pyrrole nitrogens is 1. The van der Waals surface area contributed by atoms with Gasteiger partial charge in [-0.1, -0.05) is 24.2 Å². The van der Waals surface area contributed by atoms with Crippen LogP contribution in [-0.4, -0.2) is 46.3 Å². The maximum atomic E-state index is 5.47. The minimum Gasteiger partial charge on any atom is -0.391 e. The number of aromatic amines is 1. The first-order valence-electron chi connectivity index (χ1n) is 7.70. The van der Waals surface area contributed by atoms with E-state index in [4.69, 9.17) is 9.82 Å². The van der Waals surface area contributed by atoms with Crippen LogP contribution in [0, 0.1) is 0 Å². The zero-order valence-electron chi connectivity index (χ0n) is 12.2. The average Bonchev–Trinajstić information content (AvgIpc) is 3.08. The number of benzene rings is 1. The standard InChI is InChI=1S/C16H20N4O/c1-2-12-7-13(21-19-12)10-20-8-11(9-20)16-17-14-5-3-4-6-15(14)18-16/h3-6,11,13H,2,7-10H2,1H3,(H,17,18). The van der Waals surface area contributed by atoms with Crippen molar-refractivity contribution in [1.82, 2.24) is 14.9 Å². The molecule has 0 saturated carbocycles. The average molecular weight is 284 g/mol. The van der Waals surface area contributed by atoms with Gasteiger partial charge in [0.05, 0.1) is 16.7 Å². The number of nitrogens with one attached hydrogen (secondary N) is 1. The molecular weight excluding hydrogens is 264 g/mol. The van der Waals surface area contributed by atoms with Gasteiger partial charge in [0.2, 0.25) is 0 Å². The molecule has 0 aliphatic carbocycles. The summed E-state index contributed by atoms with van der Waals surface area (Å²) in [4.78, 5) is 16.0. The number of likely N-dealkylation sites (tertiary alicyclic amines) is 1. The van der Waals surface area contributed by atoms with Crippen molar-refractivity contribution in [3.63, 3.8) is 0 Å². The van der Waals surface area contributed by atoms with Crippen LogP contribution in [0.4, 0.5) is 0 Å². The van der Waals surface area contributed by atoms with Crippen LogP contribution in [0.1, 0.15) is 31.5 Å². The molecule has 2 aliphatic rings. The van der Waals surface area contributed by atoms with E-state index in [9.17, 15) is 0 Å². The Bertz CT molecular complexity index is 639. The van der Waals surface area contributed by atoms with E-state index in [2.05, 4.69) is 34.1 Å². The molecule has 21 heavy (non-hydrogen) atoms. The molecule has 0 spiro atoms. The fourth-order valence-electron chi connectivity index (χ4n) is 3.14. The van der Waals surface area contributed by atoms with Gasteiger partial charge in [-0.15, -0.1) is 0 Å². The fourth-order valence-corrected chi connectivity index (χ4v) is 3.14. The van der Waals surface area contributed by atoms with E-state index < -0.39 is 0 Å². The minimum atomic E-state index is 0.247. The molecule has 3 heterocycles. The molecule has 5 nitrogen and oxygen atoms in total. The number of oxime groups is 1. The Kier molecular flexibility index (Phi) is 3.15. The maximum absolute atomic E-state index is 5.47. The van der Waals surface area contributed by atoms with Gasteiger partial charge in [-0.2, -0.15) is 0 Å². The summed E-state index contributed by atoms with van der Waals surface area (Å²) >= 11 is 0. The van der Waals surface area contributed by atoms with Crippen LogP contribution in [0.2, 0.25) is 0 Å². The molecule has 4 rings (SSSR count). The monoisotopic (exact) mass is 284 g/mol. The Balaban J connectivity index is 1.33. The van der Waals surface area contributed by atoms with Crippen molar-refractivity contribution < 1.29 is 4.84 Å². The summed E-state index contributed by atoms with van der Waals surface area (Å²) in [6.45, 7) is 5.22. The first-order valence-corrected chi connectivity index (χ1v) is 7.70. The molecular formula is C16H20N4O. The number of imidazole rings is 1. The summed E-state index contributed by atoms with van der Waals surface area (Å²) in [6.07, 6.45) is 2.23. The number of nitrogens with zero attached hydrogens (tertiary/aromatic N) is 3. The summed E-state index contributed by atoms with van der Waals surface area (Å²) in [5.41, 5.74) is 3.38. The Morgan fingerprint density at radius 3 is 2.95 bits per heavy atom. The second-order valence-electron chi connectivity index (χ2n) is 6.00. The third-order valence-corrected chi connectivity index (χ3v) is 4.42. The van der Waals surface area contributed by atoms with Crippen LogP contribution < -0.4 is 0 Å². The van der Waals surface area contributed by atoms with E-state index in [0.29, 0.717) is 5.92 Å². The van der Waals surface area contributed by atoms with Crippen LogP contribution in [0.5, 0.6) is 0 Å². The highest BCUT2D eigenvalue weighted by Crippen LogP contribution is 2.28. The Morgan fingerprint density at radius 2 is 2.19 bits per heavy atom. The van der Waals surface area contributed by atoms with E-state index in [0.717, 1.165) is 49.3 Å². The summed E-state index contributed by atoms with van der Waals surface area (Å²) < 4.78 is 0. The number of hydrogen-bond donors (Lipinski definition) is 1. The molecule has 1 aromatic carbocycles. The lowest BCUT2D eigenvalue weighted by molar-refractivity contribution is 0.0255. The zero-order valence-corrected chi connectivity index (χ0v) is 12.2. The van der Waals surface area contributed by atoms with Gasteiger partial charge in [-0.25, -0.2) is 4.98 Å². The van der Waals surface area contributed by atoms with Gasteiger partial charge in [0.25, 0.3) is 0 Å². The molecule has 1 saturated heterocycles. The van der Waals surface area contributed by atoms with Crippen LogP contribution in [0.25, 0.3) is 11.0 Å². The van der Waals surface area contributed by atoms with Crippen molar-refractivity contribution in [2.75, 3.05) is 19.6 Å². The molecule has 1 aromatic heterocycles. The van der Waals surface area contributed by atoms with E-state index in [1.165, 1.54) is 5.71 Å². The van der Waals surface area contributed by atoms with E-state index >= 15 is 0 Å². The van der Waals surface area contributed by atoms with E-state index in [1.54, 1.807) is 0 Å². The molecule has 5 heteroatoms. The maximum Gasteiger partial charge on any atom is 0.145 e. The number of hydrogen-bond acceptors (Lipinski definition) is 4. The normalized spacial score (nSPS) is 23.1. The van der Waals surface area contributed by atoms with E-state index in [1.807, 2.05) is 12.1 Å². The zero-order chi connectivity index (χ0) is 14.2. The second kappa shape index (κ2) is 5.15. The summed E-state index contributed by atoms with van der Waals surface area (Å²) in [6, 6.07) is 8.21. The van der Waals surface area contributed by atoms with E-state index in [-0.39, 0.29) is 6.10 Å². The van der Waals surface area contributed by atoms with Crippen molar-refractivity contribution in [3.05, 3.63) is 30.1 Å². The molecule has 1 fully saturated rings. The van der Waals surface area contributed by atoms with Gasteiger partial charge >= 0.3 is 0 Å². The van der Waals surface area contributed by atoms with Gasteiger partial charge in [0, 0.05) is 32.0 Å². The third-order valence-electron chi connectivity index (χ3n) is 4.42. The Morgan fingerprint density at radius 1 is 1.33 bits per heavy atom. The minimum absolute atomic E-state index is 0.247. The SMILES string of the molecule is CCC1=NOC(CN2CC(c3nc4ccccc4[nH]3)C2)C1. The first-order chi connectivity index (χ1) is 10.3. The molecule has 0 bridgehead atoms. The highest BCUT2D eigenvalue weighted by molar-refractivity contribution is 5.85. The predicted molar refractivity (Wildman–Crippen MR) is 82.5 cm³/mol. The molecule has 0 radical (unpaired) electrons. The van der Waals surface area contributed by atoms with Crippen molar-refractivity contribution in [2.24, 2.45) is 5.16 Å². The van der Waals surface area contributed by atoms with Crippen LogP contribution in [-0.2, 0) is 4.84 Å². The second-order valence-corrected chi connectivity index (χ2v) is 6.00. The Hall–Kier alpha value is -1.88. The summed E-state index contributed by atoms with van der Waals surface area (Å²) in [7, 11) is 0. The van der Waals surface area contributed by atoms with Crippen molar-refractivity contribution in [2.45, 2.75) is 31.8 Å². The van der Waals surface area contributed by atoms with Crippen molar-refractivity contribution in [1.29, 1.82) is 0 Å². The quantitative estimate of drug-likeness (QED) is 0.938. The summed E-state index contributed by atoms with van der Waals surface area (Å²) in [5.74, 6) is 1.63. The third kappa shape index (κ3) is 2.42. The van der Waals surface area contributed by atoms with Gasteiger partial charge in [0.1, 0.15) is 11.9 Å². The van der Waals surface area contributed by atoms with Gasteiger partial charge in [-0.05, 0) is 18.6 Å². The lowest BCUT2D eigenvalue weighted by Gasteiger charge is -2.38. The largest absolute Gasteiger partial charge is 0.391 e. The molecule has 1 N–H and O–H groups in total. The molecule has 2 aromatic rings. The molecule has 2 aliphatic heterocycles. The van der Waals surface area contributed by atoms with Gasteiger partial charge in [0.15, 0.2) is 0 Å².